The van der Waals surface area contributed by atoms with Gasteiger partial charge in [0.05, 0.1) is 16.6 Å². The molecular formula is C16H15F3N2O3. The van der Waals surface area contributed by atoms with E-state index in [1.54, 1.807) is 0 Å². The van der Waals surface area contributed by atoms with Gasteiger partial charge >= 0.3 is 6.18 Å². The van der Waals surface area contributed by atoms with E-state index in [2.05, 4.69) is 5.32 Å². The SMILES string of the molecule is COC(CNc1ccc(C(F)(F)F)cc1[N+](=O)[O-])c1ccccc1. The molecule has 1 N–H and O–H groups in total. The van der Waals surface area contributed by atoms with Gasteiger partial charge < -0.3 is 10.1 Å². The lowest BCUT2D eigenvalue weighted by Gasteiger charge is -2.17. The second kappa shape index (κ2) is 7.31. The Bertz CT molecular complexity index is 705. The average molecular weight is 340 g/mol. The molecule has 0 spiro atoms. The molecule has 2 aromatic carbocycles. The molecule has 0 aliphatic carbocycles. The maximum absolute atomic E-state index is 12.7. The van der Waals surface area contributed by atoms with Crippen LogP contribution in [-0.2, 0) is 10.9 Å². The predicted octanol–water partition coefficient (Wildman–Crippen LogP) is 4.41. The van der Waals surface area contributed by atoms with Crippen LogP contribution in [-0.4, -0.2) is 18.6 Å². The van der Waals surface area contributed by atoms with Crippen molar-refractivity contribution in [1.29, 1.82) is 0 Å². The molecule has 2 rings (SSSR count). The summed E-state index contributed by atoms with van der Waals surface area (Å²) >= 11 is 0. The van der Waals surface area contributed by atoms with Crippen molar-refractivity contribution < 1.29 is 22.8 Å². The Morgan fingerprint density at radius 2 is 1.88 bits per heavy atom. The van der Waals surface area contributed by atoms with Crippen LogP contribution in [0, 0.1) is 10.1 Å². The van der Waals surface area contributed by atoms with E-state index >= 15 is 0 Å². The first kappa shape index (κ1) is 17.7. The number of rotatable bonds is 6. The monoisotopic (exact) mass is 340 g/mol. The van der Waals surface area contributed by atoms with Gasteiger partial charge in [-0.1, -0.05) is 30.3 Å². The first-order valence-electron chi connectivity index (χ1n) is 7.00. The normalized spacial score (nSPS) is 12.7. The average Bonchev–Trinajstić information content (AvgIpc) is 2.55. The molecule has 24 heavy (non-hydrogen) atoms. The zero-order valence-corrected chi connectivity index (χ0v) is 12.7. The van der Waals surface area contributed by atoms with E-state index in [-0.39, 0.29) is 12.2 Å². The highest BCUT2D eigenvalue weighted by molar-refractivity contribution is 5.63. The van der Waals surface area contributed by atoms with E-state index in [1.807, 2.05) is 30.3 Å². The molecule has 128 valence electrons. The number of halogens is 3. The Morgan fingerprint density at radius 3 is 2.42 bits per heavy atom. The minimum Gasteiger partial charge on any atom is -0.377 e. The quantitative estimate of drug-likeness (QED) is 0.625. The fraction of sp³-hybridized carbons (Fsp3) is 0.250. The molecule has 1 atom stereocenters. The third kappa shape index (κ3) is 4.23. The molecule has 5 nitrogen and oxygen atoms in total. The largest absolute Gasteiger partial charge is 0.416 e. The van der Waals surface area contributed by atoms with Gasteiger partial charge in [0.1, 0.15) is 5.69 Å². The van der Waals surface area contributed by atoms with Crippen molar-refractivity contribution in [1.82, 2.24) is 0 Å². The summed E-state index contributed by atoms with van der Waals surface area (Å²) in [5.74, 6) is 0. The van der Waals surface area contributed by atoms with Crippen molar-refractivity contribution in [3.63, 3.8) is 0 Å². The van der Waals surface area contributed by atoms with E-state index < -0.39 is 28.5 Å². The van der Waals surface area contributed by atoms with Gasteiger partial charge in [0.25, 0.3) is 5.69 Å². The van der Waals surface area contributed by atoms with Gasteiger partial charge in [-0.3, -0.25) is 10.1 Å². The summed E-state index contributed by atoms with van der Waals surface area (Å²) in [6.07, 6.45) is -5.03. The lowest BCUT2D eigenvalue weighted by atomic mass is 10.1. The van der Waals surface area contributed by atoms with Gasteiger partial charge in [0.2, 0.25) is 0 Å². The van der Waals surface area contributed by atoms with Gasteiger partial charge in [-0.05, 0) is 17.7 Å². The second-order valence-corrected chi connectivity index (χ2v) is 5.00. The van der Waals surface area contributed by atoms with Crippen LogP contribution in [0.5, 0.6) is 0 Å². The molecule has 0 bridgehead atoms. The lowest BCUT2D eigenvalue weighted by molar-refractivity contribution is -0.384. The number of ether oxygens (including phenoxy) is 1. The number of anilines is 1. The van der Waals surface area contributed by atoms with Crippen LogP contribution in [0.4, 0.5) is 24.5 Å². The standard InChI is InChI=1S/C16H15F3N2O3/c1-24-15(11-5-3-2-4-6-11)10-20-13-8-7-12(16(17,18)19)9-14(13)21(22)23/h2-9,15,20H,10H2,1H3. The highest BCUT2D eigenvalue weighted by Gasteiger charge is 2.33. The number of alkyl halides is 3. The highest BCUT2D eigenvalue weighted by atomic mass is 19.4. The molecule has 0 aliphatic heterocycles. The Labute approximate surface area is 136 Å². The number of nitro groups is 1. The van der Waals surface area contributed by atoms with Crippen LogP contribution in [0.15, 0.2) is 48.5 Å². The Balaban J connectivity index is 2.21. The topological polar surface area (TPSA) is 64.4 Å². The Kier molecular flexibility index (Phi) is 5.40. The third-order valence-corrected chi connectivity index (χ3v) is 3.46. The molecule has 0 heterocycles. The maximum Gasteiger partial charge on any atom is 0.416 e. The number of benzene rings is 2. The van der Waals surface area contributed by atoms with Crippen molar-refractivity contribution in [3.8, 4) is 0 Å². The van der Waals surface area contributed by atoms with Crippen LogP contribution >= 0.6 is 0 Å². The van der Waals surface area contributed by atoms with Gasteiger partial charge in [0.15, 0.2) is 0 Å². The van der Waals surface area contributed by atoms with Gasteiger partial charge in [-0.15, -0.1) is 0 Å². The van der Waals surface area contributed by atoms with E-state index in [0.29, 0.717) is 6.07 Å². The molecule has 0 fully saturated rings. The van der Waals surface area contributed by atoms with E-state index in [4.69, 9.17) is 4.74 Å². The number of nitrogens with zero attached hydrogens (tertiary/aromatic N) is 1. The summed E-state index contributed by atoms with van der Waals surface area (Å²) in [5.41, 5.74) is -0.841. The van der Waals surface area contributed by atoms with E-state index in [0.717, 1.165) is 17.7 Å². The van der Waals surface area contributed by atoms with Crippen molar-refractivity contribution >= 4 is 11.4 Å². The first-order valence-corrected chi connectivity index (χ1v) is 7.00. The zero-order chi connectivity index (χ0) is 17.7. The summed E-state index contributed by atoms with van der Waals surface area (Å²) in [5, 5.41) is 13.8. The molecule has 0 saturated heterocycles. The van der Waals surface area contributed by atoms with Crippen LogP contribution in [0.3, 0.4) is 0 Å². The summed E-state index contributed by atoms with van der Waals surface area (Å²) in [6.45, 7) is 0.173. The van der Waals surface area contributed by atoms with Gasteiger partial charge in [0, 0.05) is 19.7 Å². The molecule has 0 saturated carbocycles. The van der Waals surface area contributed by atoms with Crippen LogP contribution in [0.2, 0.25) is 0 Å². The van der Waals surface area contributed by atoms with Crippen molar-refractivity contribution in [3.05, 3.63) is 69.8 Å². The van der Waals surface area contributed by atoms with Crippen LogP contribution in [0.25, 0.3) is 0 Å². The van der Waals surface area contributed by atoms with Gasteiger partial charge in [-0.25, -0.2) is 0 Å². The minimum absolute atomic E-state index is 0.00554. The summed E-state index contributed by atoms with van der Waals surface area (Å²) < 4.78 is 43.4. The Morgan fingerprint density at radius 1 is 1.21 bits per heavy atom. The van der Waals surface area contributed by atoms with Crippen molar-refractivity contribution in [2.24, 2.45) is 0 Å². The molecule has 8 heteroatoms. The predicted molar refractivity (Wildman–Crippen MR) is 82.8 cm³/mol. The number of nitrogens with one attached hydrogen (secondary N) is 1. The van der Waals surface area contributed by atoms with Gasteiger partial charge in [-0.2, -0.15) is 13.2 Å². The molecular weight excluding hydrogens is 325 g/mol. The maximum atomic E-state index is 12.7. The molecule has 0 amide bonds. The smallest absolute Gasteiger partial charge is 0.377 e. The van der Waals surface area contributed by atoms with Crippen LogP contribution < -0.4 is 5.32 Å². The van der Waals surface area contributed by atoms with E-state index in [9.17, 15) is 23.3 Å². The summed E-state index contributed by atoms with van der Waals surface area (Å²) in [7, 11) is 1.49. The number of nitro benzene ring substituents is 1. The summed E-state index contributed by atoms with van der Waals surface area (Å²) in [4.78, 5) is 10.2. The molecule has 0 aliphatic rings. The lowest BCUT2D eigenvalue weighted by Crippen LogP contribution is -2.15. The fourth-order valence-electron chi connectivity index (χ4n) is 2.22. The van der Waals surface area contributed by atoms with E-state index in [1.165, 1.54) is 7.11 Å². The molecule has 0 radical (unpaired) electrons. The fourth-order valence-corrected chi connectivity index (χ4v) is 2.22. The van der Waals surface area contributed by atoms with Crippen molar-refractivity contribution in [2.45, 2.75) is 12.3 Å². The highest BCUT2D eigenvalue weighted by Crippen LogP contribution is 2.35. The number of hydrogen-bond donors (Lipinski definition) is 1. The zero-order valence-electron chi connectivity index (χ0n) is 12.7. The number of hydrogen-bond acceptors (Lipinski definition) is 4. The minimum atomic E-state index is -4.64. The summed E-state index contributed by atoms with van der Waals surface area (Å²) in [6, 6.07) is 11.5. The van der Waals surface area contributed by atoms with Crippen molar-refractivity contribution in [2.75, 3.05) is 19.0 Å². The molecule has 2 aromatic rings. The second-order valence-electron chi connectivity index (χ2n) is 5.00. The third-order valence-electron chi connectivity index (χ3n) is 3.46. The number of methoxy groups -OCH3 is 1. The molecule has 0 aromatic heterocycles. The Hall–Kier alpha value is -2.61. The first-order chi connectivity index (χ1) is 11.3. The molecule has 1 unspecified atom stereocenters. The van der Waals surface area contributed by atoms with Crippen LogP contribution in [0.1, 0.15) is 17.2 Å².